The first-order chi connectivity index (χ1) is 11.4. The smallest absolute Gasteiger partial charge is 0.262 e. The maximum atomic E-state index is 12.6. The van der Waals surface area contributed by atoms with E-state index >= 15 is 0 Å². The zero-order valence-corrected chi connectivity index (χ0v) is 14.6. The maximum Gasteiger partial charge on any atom is 0.262 e. The predicted octanol–water partition coefficient (Wildman–Crippen LogP) is 3.85. The van der Waals surface area contributed by atoms with Gasteiger partial charge in [0.1, 0.15) is 5.75 Å². The molecule has 1 N–H and O–H groups in total. The first kappa shape index (κ1) is 16.6. The number of fused-ring (bicyclic) bond motifs is 1. The Morgan fingerprint density at radius 1 is 1.29 bits per heavy atom. The van der Waals surface area contributed by atoms with Crippen molar-refractivity contribution < 1.29 is 17.7 Å². The van der Waals surface area contributed by atoms with Crippen LogP contribution in [0.5, 0.6) is 5.75 Å². The molecule has 1 heterocycles. The molecule has 0 aliphatic carbocycles. The van der Waals surface area contributed by atoms with Crippen LogP contribution in [0.25, 0.3) is 11.0 Å². The largest absolute Gasteiger partial charge is 0.494 e. The Labute approximate surface area is 144 Å². The maximum absolute atomic E-state index is 12.6. The molecule has 0 saturated heterocycles. The Bertz CT molecular complexity index is 998. The summed E-state index contributed by atoms with van der Waals surface area (Å²) in [7, 11) is -2.35. The summed E-state index contributed by atoms with van der Waals surface area (Å²) in [5.74, 6) is 0.340. The van der Waals surface area contributed by atoms with Gasteiger partial charge in [-0.1, -0.05) is 29.7 Å². The molecule has 0 atom stereocenters. The van der Waals surface area contributed by atoms with Crippen LogP contribution in [0.2, 0.25) is 5.02 Å². The molecule has 0 aliphatic heterocycles. The van der Waals surface area contributed by atoms with Crippen molar-refractivity contribution in [3.05, 3.63) is 47.1 Å². The summed E-state index contributed by atoms with van der Waals surface area (Å²) >= 11 is 5.88. The van der Waals surface area contributed by atoms with E-state index in [0.29, 0.717) is 28.5 Å². The van der Waals surface area contributed by atoms with Gasteiger partial charge in [0.2, 0.25) is 0 Å². The molecule has 0 bridgehead atoms. The molecule has 0 amide bonds. The second kappa shape index (κ2) is 6.33. The van der Waals surface area contributed by atoms with Gasteiger partial charge in [-0.3, -0.25) is 4.72 Å². The van der Waals surface area contributed by atoms with E-state index < -0.39 is 10.0 Å². The molecule has 0 saturated carbocycles. The van der Waals surface area contributed by atoms with E-state index in [1.54, 1.807) is 24.3 Å². The number of aryl methyl sites for hydroxylation is 1. The van der Waals surface area contributed by atoms with E-state index in [1.165, 1.54) is 19.2 Å². The minimum atomic E-state index is -3.81. The van der Waals surface area contributed by atoms with Crippen molar-refractivity contribution in [2.45, 2.75) is 18.2 Å². The molecule has 2 aromatic carbocycles. The van der Waals surface area contributed by atoms with Crippen LogP contribution >= 0.6 is 11.6 Å². The van der Waals surface area contributed by atoms with E-state index in [-0.39, 0.29) is 4.90 Å². The van der Waals surface area contributed by atoms with Crippen molar-refractivity contribution in [3.8, 4) is 5.75 Å². The minimum absolute atomic E-state index is 0.0678. The van der Waals surface area contributed by atoms with Gasteiger partial charge in [0.15, 0.2) is 5.58 Å². The molecular formula is C16H15ClN2O4S. The number of hydrogen-bond donors (Lipinski definition) is 1. The number of ether oxygens (including phenoxy) is 1. The molecule has 3 rings (SSSR count). The highest BCUT2D eigenvalue weighted by Crippen LogP contribution is 2.33. The lowest BCUT2D eigenvalue weighted by molar-refractivity contribution is 0.413. The van der Waals surface area contributed by atoms with E-state index in [2.05, 4.69) is 9.88 Å². The number of hydrogen-bond acceptors (Lipinski definition) is 5. The average molecular weight is 367 g/mol. The van der Waals surface area contributed by atoms with Gasteiger partial charge in [0.05, 0.1) is 23.4 Å². The van der Waals surface area contributed by atoms with Crippen LogP contribution in [-0.2, 0) is 16.4 Å². The number of anilines is 1. The molecule has 0 unspecified atom stereocenters. The first-order valence-corrected chi connectivity index (χ1v) is 9.05. The summed E-state index contributed by atoms with van der Waals surface area (Å²) in [6.45, 7) is 1.94. The highest BCUT2D eigenvalue weighted by molar-refractivity contribution is 7.92. The van der Waals surface area contributed by atoms with Gasteiger partial charge in [-0.05, 0) is 30.7 Å². The number of aromatic nitrogens is 1. The van der Waals surface area contributed by atoms with Gasteiger partial charge in [-0.25, -0.2) is 8.42 Å². The number of methoxy groups -OCH3 is 1. The third-order valence-corrected chi connectivity index (χ3v) is 5.15. The normalized spacial score (nSPS) is 11.6. The molecule has 126 valence electrons. The van der Waals surface area contributed by atoms with Crippen molar-refractivity contribution in [2.75, 3.05) is 11.8 Å². The van der Waals surface area contributed by atoms with Gasteiger partial charge in [0.25, 0.3) is 10.0 Å². The number of rotatable bonds is 5. The van der Waals surface area contributed by atoms with Crippen LogP contribution in [0, 0.1) is 0 Å². The molecular weight excluding hydrogens is 352 g/mol. The van der Waals surface area contributed by atoms with Crippen molar-refractivity contribution >= 4 is 38.3 Å². The zero-order valence-electron chi connectivity index (χ0n) is 13.0. The van der Waals surface area contributed by atoms with Gasteiger partial charge in [-0.2, -0.15) is 0 Å². The topological polar surface area (TPSA) is 81.4 Å². The summed E-state index contributed by atoms with van der Waals surface area (Å²) in [6.07, 6.45) is 0.666. The minimum Gasteiger partial charge on any atom is -0.494 e. The quantitative estimate of drug-likeness (QED) is 0.741. The van der Waals surface area contributed by atoms with Crippen LogP contribution < -0.4 is 9.46 Å². The molecule has 0 spiro atoms. The predicted molar refractivity (Wildman–Crippen MR) is 92.2 cm³/mol. The summed E-state index contributed by atoms with van der Waals surface area (Å²) < 4.78 is 38.2. The van der Waals surface area contributed by atoms with Crippen molar-refractivity contribution in [1.82, 2.24) is 5.16 Å². The SMILES string of the molecule is CCc1noc2cc(OC)c(NS(=O)(=O)c3cccc(Cl)c3)cc12. The fourth-order valence-electron chi connectivity index (χ4n) is 2.36. The van der Waals surface area contributed by atoms with Crippen molar-refractivity contribution in [3.63, 3.8) is 0 Å². The average Bonchev–Trinajstić information content (AvgIpc) is 2.95. The van der Waals surface area contributed by atoms with Gasteiger partial charge in [-0.15, -0.1) is 0 Å². The summed E-state index contributed by atoms with van der Waals surface area (Å²) in [5, 5.41) is 5.05. The summed E-state index contributed by atoms with van der Waals surface area (Å²) in [5.41, 5.74) is 1.59. The highest BCUT2D eigenvalue weighted by Gasteiger charge is 2.19. The standard InChI is InChI=1S/C16H15ClN2O4S/c1-3-13-12-8-14(16(22-2)9-15(12)23-18-13)19-24(20,21)11-6-4-5-10(17)7-11/h4-9,19H,3H2,1-2H3. The molecule has 24 heavy (non-hydrogen) atoms. The van der Waals surface area contributed by atoms with Gasteiger partial charge < -0.3 is 9.26 Å². The molecule has 0 fully saturated rings. The molecule has 6 nitrogen and oxygen atoms in total. The van der Waals surface area contributed by atoms with E-state index in [1.807, 2.05) is 6.92 Å². The zero-order chi connectivity index (χ0) is 17.3. The Kier molecular flexibility index (Phi) is 4.38. The third kappa shape index (κ3) is 3.05. The number of nitrogens with zero attached hydrogens (tertiary/aromatic N) is 1. The second-order valence-corrected chi connectivity index (χ2v) is 7.21. The number of sulfonamides is 1. The van der Waals surface area contributed by atoms with Crippen LogP contribution in [0.1, 0.15) is 12.6 Å². The number of benzene rings is 2. The molecule has 0 aliphatic rings. The fourth-order valence-corrected chi connectivity index (χ4v) is 3.72. The Balaban J connectivity index is 2.08. The van der Waals surface area contributed by atoms with Crippen LogP contribution in [-0.4, -0.2) is 20.7 Å². The lowest BCUT2D eigenvalue weighted by Gasteiger charge is -2.12. The lowest BCUT2D eigenvalue weighted by Crippen LogP contribution is -2.13. The van der Waals surface area contributed by atoms with E-state index in [0.717, 1.165) is 11.1 Å². The first-order valence-electron chi connectivity index (χ1n) is 7.19. The number of halogens is 1. The molecule has 1 aromatic heterocycles. The van der Waals surface area contributed by atoms with Crippen LogP contribution in [0.4, 0.5) is 5.69 Å². The van der Waals surface area contributed by atoms with Gasteiger partial charge in [0, 0.05) is 16.5 Å². The second-order valence-electron chi connectivity index (χ2n) is 5.09. The monoisotopic (exact) mass is 366 g/mol. The van der Waals surface area contributed by atoms with E-state index in [4.69, 9.17) is 20.9 Å². The summed E-state index contributed by atoms with van der Waals surface area (Å²) in [6, 6.07) is 9.30. The van der Waals surface area contributed by atoms with E-state index in [9.17, 15) is 8.42 Å². The fraction of sp³-hybridized carbons (Fsp3) is 0.188. The van der Waals surface area contributed by atoms with Crippen LogP contribution in [0.15, 0.2) is 45.8 Å². The Hall–Kier alpha value is -2.25. The molecule has 8 heteroatoms. The molecule has 0 radical (unpaired) electrons. The number of nitrogens with one attached hydrogen (secondary N) is 1. The third-order valence-electron chi connectivity index (χ3n) is 3.55. The summed E-state index contributed by atoms with van der Waals surface area (Å²) in [4.78, 5) is 0.0678. The molecule has 3 aromatic rings. The van der Waals surface area contributed by atoms with Gasteiger partial charge >= 0.3 is 0 Å². The van der Waals surface area contributed by atoms with Crippen molar-refractivity contribution in [2.24, 2.45) is 0 Å². The van der Waals surface area contributed by atoms with Crippen LogP contribution in [0.3, 0.4) is 0 Å². The highest BCUT2D eigenvalue weighted by atomic mass is 35.5. The van der Waals surface area contributed by atoms with Crippen molar-refractivity contribution in [1.29, 1.82) is 0 Å². The Morgan fingerprint density at radius 2 is 2.08 bits per heavy atom. The Morgan fingerprint density at radius 3 is 2.75 bits per heavy atom. The lowest BCUT2D eigenvalue weighted by atomic mass is 10.1.